The van der Waals surface area contributed by atoms with Crippen LogP contribution in [0.2, 0.25) is 0 Å². The predicted molar refractivity (Wildman–Crippen MR) is 68.2 cm³/mol. The Kier molecular flexibility index (Phi) is 4.99. The van der Waals surface area contributed by atoms with Gasteiger partial charge in [-0.15, -0.1) is 6.58 Å². The first-order valence-corrected chi connectivity index (χ1v) is 6.20. The van der Waals surface area contributed by atoms with Crippen LogP contribution in [-0.2, 0) is 6.18 Å². The maximum Gasteiger partial charge on any atom is 0.416 e. The van der Waals surface area contributed by atoms with Crippen LogP contribution >= 0.6 is 15.9 Å². The molecule has 0 bridgehead atoms. The fourth-order valence-corrected chi connectivity index (χ4v) is 2.02. The monoisotopic (exact) mass is 322 g/mol. The predicted octanol–water partition coefficient (Wildman–Crippen LogP) is 4.86. The van der Waals surface area contributed by atoms with Gasteiger partial charge in [-0.2, -0.15) is 13.2 Å². The minimum atomic E-state index is -4.40. The van der Waals surface area contributed by atoms with Gasteiger partial charge in [0.05, 0.1) is 11.7 Å². The van der Waals surface area contributed by atoms with Crippen LogP contribution in [0.1, 0.15) is 37.0 Å². The minimum absolute atomic E-state index is 0.256. The van der Waals surface area contributed by atoms with Gasteiger partial charge in [0.15, 0.2) is 0 Å². The number of allylic oxidation sites excluding steroid dienone is 1. The first-order chi connectivity index (χ1) is 8.21. The summed E-state index contributed by atoms with van der Waals surface area (Å²) in [5, 5.41) is 9.90. The minimum Gasteiger partial charge on any atom is -0.388 e. The quantitative estimate of drug-likeness (QED) is 0.785. The molecule has 0 aliphatic carbocycles. The molecule has 5 heteroatoms. The number of halogens is 4. The highest BCUT2D eigenvalue weighted by Gasteiger charge is 2.31. The molecule has 1 rings (SSSR count). The van der Waals surface area contributed by atoms with Crippen LogP contribution in [0, 0.1) is 0 Å². The van der Waals surface area contributed by atoms with Gasteiger partial charge >= 0.3 is 6.18 Å². The van der Waals surface area contributed by atoms with E-state index in [1.54, 1.807) is 0 Å². The van der Waals surface area contributed by atoms with Crippen LogP contribution in [-0.4, -0.2) is 5.11 Å². The second-order valence-electron chi connectivity index (χ2n) is 4.25. The molecule has 0 saturated carbocycles. The second kappa shape index (κ2) is 5.89. The third kappa shape index (κ3) is 4.14. The van der Waals surface area contributed by atoms with E-state index in [2.05, 4.69) is 22.5 Å². The standard InChI is InChI=1S/C13H14BrF3O/c1-8(2)3-6-12(18)10-7-9(13(15,16)17)4-5-11(10)14/h4-5,7,12,18H,1,3,6H2,2H3. The Balaban J connectivity index is 2.97. The van der Waals surface area contributed by atoms with E-state index in [0.717, 1.165) is 17.7 Å². The van der Waals surface area contributed by atoms with E-state index in [4.69, 9.17) is 0 Å². The van der Waals surface area contributed by atoms with E-state index < -0.39 is 17.8 Å². The lowest BCUT2D eigenvalue weighted by Gasteiger charge is -2.15. The van der Waals surface area contributed by atoms with E-state index >= 15 is 0 Å². The summed E-state index contributed by atoms with van der Waals surface area (Å²) in [5.41, 5.74) is 0.387. The number of rotatable bonds is 4. The Labute approximate surface area is 112 Å². The van der Waals surface area contributed by atoms with Crippen LogP contribution in [0.5, 0.6) is 0 Å². The van der Waals surface area contributed by atoms with Gasteiger partial charge in [0.25, 0.3) is 0 Å². The maximum absolute atomic E-state index is 12.6. The third-order valence-corrected chi connectivity index (χ3v) is 3.25. The first kappa shape index (κ1) is 15.2. The molecular formula is C13H14BrF3O. The molecule has 0 aromatic heterocycles. The third-order valence-electron chi connectivity index (χ3n) is 2.53. The Bertz CT molecular complexity index is 440. The average Bonchev–Trinajstić information content (AvgIpc) is 2.24. The van der Waals surface area contributed by atoms with E-state index in [0.29, 0.717) is 17.3 Å². The van der Waals surface area contributed by atoms with E-state index in [-0.39, 0.29) is 5.56 Å². The van der Waals surface area contributed by atoms with Crippen molar-refractivity contribution in [1.82, 2.24) is 0 Å². The topological polar surface area (TPSA) is 20.2 Å². The summed E-state index contributed by atoms with van der Waals surface area (Å²) < 4.78 is 38.2. The summed E-state index contributed by atoms with van der Waals surface area (Å²) in [4.78, 5) is 0. The molecule has 0 radical (unpaired) electrons. The van der Waals surface area contributed by atoms with Gasteiger partial charge in [-0.1, -0.05) is 21.5 Å². The Hall–Kier alpha value is -0.810. The first-order valence-electron chi connectivity index (χ1n) is 5.41. The summed E-state index contributed by atoms with van der Waals surface area (Å²) in [6, 6.07) is 3.27. The fraction of sp³-hybridized carbons (Fsp3) is 0.385. The van der Waals surface area contributed by atoms with Crippen molar-refractivity contribution in [1.29, 1.82) is 0 Å². The summed E-state index contributed by atoms with van der Waals surface area (Å²) in [6.07, 6.45) is -4.40. The number of hydrogen-bond acceptors (Lipinski definition) is 1. The van der Waals surface area contributed by atoms with Crippen LogP contribution in [0.15, 0.2) is 34.8 Å². The van der Waals surface area contributed by atoms with Crippen molar-refractivity contribution in [2.24, 2.45) is 0 Å². The number of aliphatic hydroxyl groups excluding tert-OH is 1. The van der Waals surface area contributed by atoms with Gasteiger partial charge in [0.1, 0.15) is 0 Å². The molecule has 18 heavy (non-hydrogen) atoms. The van der Waals surface area contributed by atoms with Crippen LogP contribution in [0.25, 0.3) is 0 Å². The maximum atomic E-state index is 12.6. The summed E-state index contributed by atoms with van der Waals surface area (Å²) in [5.74, 6) is 0. The molecular weight excluding hydrogens is 309 g/mol. The average molecular weight is 323 g/mol. The molecule has 100 valence electrons. The number of hydrogen-bond donors (Lipinski definition) is 1. The highest BCUT2D eigenvalue weighted by molar-refractivity contribution is 9.10. The zero-order chi connectivity index (χ0) is 13.9. The largest absolute Gasteiger partial charge is 0.416 e. The lowest BCUT2D eigenvalue weighted by Crippen LogP contribution is -2.07. The van der Waals surface area contributed by atoms with Crippen molar-refractivity contribution >= 4 is 15.9 Å². The molecule has 0 saturated heterocycles. The van der Waals surface area contributed by atoms with Gasteiger partial charge in [-0.05, 0) is 43.5 Å². The smallest absolute Gasteiger partial charge is 0.388 e. The van der Waals surface area contributed by atoms with Crippen molar-refractivity contribution in [3.63, 3.8) is 0 Å². The SMILES string of the molecule is C=C(C)CCC(O)c1cc(C(F)(F)F)ccc1Br. The molecule has 0 aliphatic rings. The van der Waals surface area contributed by atoms with Crippen LogP contribution in [0.3, 0.4) is 0 Å². The van der Waals surface area contributed by atoms with Crippen LogP contribution in [0.4, 0.5) is 13.2 Å². The number of aliphatic hydroxyl groups is 1. The lowest BCUT2D eigenvalue weighted by atomic mass is 10.0. The van der Waals surface area contributed by atoms with Gasteiger partial charge in [-0.3, -0.25) is 0 Å². The van der Waals surface area contributed by atoms with Crippen molar-refractivity contribution in [2.75, 3.05) is 0 Å². The number of alkyl halides is 3. The van der Waals surface area contributed by atoms with Crippen molar-refractivity contribution < 1.29 is 18.3 Å². The molecule has 1 aromatic carbocycles. The van der Waals surface area contributed by atoms with Gasteiger partial charge in [0, 0.05) is 4.47 Å². The zero-order valence-corrected chi connectivity index (χ0v) is 11.5. The van der Waals surface area contributed by atoms with Crippen molar-refractivity contribution in [3.8, 4) is 0 Å². The molecule has 1 aromatic rings. The Morgan fingerprint density at radius 1 is 1.44 bits per heavy atom. The molecule has 1 N–H and O–H groups in total. The molecule has 0 amide bonds. The van der Waals surface area contributed by atoms with Gasteiger partial charge in [0.2, 0.25) is 0 Å². The Morgan fingerprint density at radius 2 is 2.06 bits per heavy atom. The fourth-order valence-electron chi connectivity index (χ4n) is 1.51. The molecule has 0 spiro atoms. The highest BCUT2D eigenvalue weighted by Crippen LogP contribution is 2.35. The Morgan fingerprint density at radius 3 is 2.56 bits per heavy atom. The van der Waals surface area contributed by atoms with Gasteiger partial charge < -0.3 is 5.11 Å². The van der Waals surface area contributed by atoms with Crippen molar-refractivity contribution in [2.45, 2.75) is 32.0 Å². The normalized spacial score (nSPS) is 13.4. The van der Waals surface area contributed by atoms with E-state index in [1.807, 2.05) is 6.92 Å². The van der Waals surface area contributed by atoms with Crippen LogP contribution < -0.4 is 0 Å². The molecule has 1 nitrogen and oxygen atoms in total. The summed E-state index contributed by atoms with van der Waals surface area (Å²) >= 11 is 3.16. The molecule has 1 unspecified atom stereocenters. The lowest BCUT2D eigenvalue weighted by molar-refractivity contribution is -0.137. The zero-order valence-electron chi connectivity index (χ0n) is 9.89. The second-order valence-corrected chi connectivity index (χ2v) is 5.10. The summed E-state index contributed by atoms with van der Waals surface area (Å²) in [7, 11) is 0. The van der Waals surface area contributed by atoms with E-state index in [1.165, 1.54) is 6.07 Å². The molecule has 0 aliphatic heterocycles. The van der Waals surface area contributed by atoms with Gasteiger partial charge in [-0.25, -0.2) is 0 Å². The molecule has 0 fully saturated rings. The highest BCUT2D eigenvalue weighted by atomic mass is 79.9. The number of benzene rings is 1. The van der Waals surface area contributed by atoms with E-state index in [9.17, 15) is 18.3 Å². The summed E-state index contributed by atoms with van der Waals surface area (Å²) in [6.45, 7) is 5.51. The molecule has 1 atom stereocenters. The molecule has 0 heterocycles. The van der Waals surface area contributed by atoms with Crippen molar-refractivity contribution in [3.05, 3.63) is 46.0 Å².